The van der Waals surface area contributed by atoms with Crippen LogP contribution in [-0.2, 0) is 9.53 Å². The molecule has 0 aromatic rings. The Bertz CT molecular complexity index is 1120. The molecule has 2 radical (unpaired) electrons. The molecule has 1 saturated carbocycles. The minimum atomic E-state index is -0.608. The van der Waals surface area contributed by atoms with Crippen LogP contribution in [0.1, 0.15) is 44.9 Å². The molecule has 2 saturated heterocycles. The van der Waals surface area contributed by atoms with Crippen molar-refractivity contribution in [1.82, 2.24) is 14.7 Å². The van der Waals surface area contributed by atoms with E-state index in [0.29, 0.717) is 51.1 Å². The van der Waals surface area contributed by atoms with Crippen LogP contribution in [-0.4, -0.2) is 89.4 Å². The average molecular weight is 551 g/mol. The number of amides is 1. The summed E-state index contributed by atoms with van der Waals surface area (Å²) in [6.45, 7) is 6.77. The molecular formula is C30H39FN6O3. The molecule has 3 aliphatic heterocycles. The van der Waals surface area contributed by atoms with E-state index in [-0.39, 0.29) is 41.8 Å². The summed E-state index contributed by atoms with van der Waals surface area (Å²) in [6, 6.07) is 2.65. The van der Waals surface area contributed by atoms with Gasteiger partial charge in [-0.3, -0.25) is 9.69 Å². The molecule has 3 heterocycles. The van der Waals surface area contributed by atoms with Crippen molar-refractivity contribution in [2.45, 2.75) is 57.0 Å². The fraction of sp³-hybridized carbons (Fsp3) is 0.600. The van der Waals surface area contributed by atoms with Crippen molar-refractivity contribution >= 4 is 17.6 Å². The number of carbonyl (C=O) groups excluding carboxylic acids is 1. The third kappa shape index (κ3) is 6.16. The molecule has 5 rings (SSSR count). The number of piperazine rings is 1. The quantitative estimate of drug-likeness (QED) is 0.482. The standard InChI is InChI=1S/C30H39FN6O3/c1-3-28(39)37-15-14-36(18-21(37)11-12-32)29-23-10-9-20(16-24-25(31)7-4-8-27(24)38)17-26(23)33-30(34-29)40-19-22-6-5-13-35(22)2/h3-4,7-8,20-24,38H,1,5-6,9-11,13-19H2,2H3/t20-,21?,22?,23?,24?/m0/s1. The predicted octanol–water partition coefficient (Wildman–Crippen LogP) is 3.95. The lowest BCUT2D eigenvalue weighted by atomic mass is 9.74. The molecule has 5 aliphatic rings. The maximum absolute atomic E-state index is 14.5. The zero-order valence-electron chi connectivity index (χ0n) is 23.2. The van der Waals surface area contributed by atoms with E-state index in [1.165, 1.54) is 18.6 Å². The zero-order chi connectivity index (χ0) is 28.2. The number of nitriles is 1. The van der Waals surface area contributed by atoms with E-state index in [1.54, 1.807) is 11.0 Å². The van der Waals surface area contributed by atoms with Crippen LogP contribution in [0, 0.1) is 41.7 Å². The van der Waals surface area contributed by atoms with Gasteiger partial charge in [-0.2, -0.15) is 5.26 Å². The fourth-order valence-corrected chi connectivity index (χ4v) is 6.68. The van der Waals surface area contributed by atoms with E-state index in [4.69, 9.17) is 14.7 Å². The molecule has 214 valence electrons. The van der Waals surface area contributed by atoms with Gasteiger partial charge in [0.15, 0.2) is 6.17 Å². The molecule has 9 nitrogen and oxygen atoms in total. The monoisotopic (exact) mass is 550 g/mol. The van der Waals surface area contributed by atoms with Crippen molar-refractivity contribution in [3.05, 3.63) is 49.0 Å². The van der Waals surface area contributed by atoms with E-state index >= 15 is 0 Å². The number of aliphatic hydroxyl groups excluding tert-OH is 1. The molecule has 5 atom stereocenters. The number of amidine groups is 1. The van der Waals surface area contributed by atoms with Gasteiger partial charge < -0.3 is 19.6 Å². The van der Waals surface area contributed by atoms with E-state index in [1.807, 2.05) is 0 Å². The number of aliphatic imine (C=N–C) groups is 2. The molecule has 3 fully saturated rings. The molecule has 40 heavy (non-hydrogen) atoms. The Morgan fingerprint density at radius 1 is 1.25 bits per heavy atom. The number of likely N-dealkylation sites (N-methyl/N-ethyl adjacent to an activating group) is 1. The van der Waals surface area contributed by atoms with Gasteiger partial charge in [0.2, 0.25) is 5.91 Å². The van der Waals surface area contributed by atoms with E-state index < -0.39 is 5.92 Å². The van der Waals surface area contributed by atoms with Crippen LogP contribution < -0.4 is 0 Å². The highest BCUT2D eigenvalue weighted by Gasteiger charge is 2.43. The van der Waals surface area contributed by atoms with Crippen molar-refractivity contribution in [2.24, 2.45) is 27.7 Å². The first kappa shape index (κ1) is 28.5. The molecule has 0 spiro atoms. The van der Waals surface area contributed by atoms with Gasteiger partial charge in [-0.1, -0.05) is 6.58 Å². The van der Waals surface area contributed by atoms with Crippen LogP contribution in [0.2, 0.25) is 0 Å². The van der Waals surface area contributed by atoms with Gasteiger partial charge in [0, 0.05) is 43.7 Å². The first-order chi connectivity index (χ1) is 19.4. The van der Waals surface area contributed by atoms with Crippen molar-refractivity contribution in [3.63, 3.8) is 0 Å². The van der Waals surface area contributed by atoms with Crippen LogP contribution in [0.25, 0.3) is 0 Å². The highest BCUT2D eigenvalue weighted by atomic mass is 19.1. The average Bonchev–Trinajstić information content (AvgIpc) is 3.37. The molecule has 0 aromatic carbocycles. The molecule has 4 unspecified atom stereocenters. The van der Waals surface area contributed by atoms with Gasteiger partial charge in [-0.15, -0.1) is 0 Å². The Morgan fingerprint density at radius 3 is 2.83 bits per heavy atom. The van der Waals surface area contributed by atoms with Crippen molar-refractivity contribution < 1.29 is 19.0 Å². The number of likely N-dealkylation sites (tertiary alicyclic amines) is 1. The maximum Gasteiger partial charge on any atom is 0.313 e. The van der Waals surface area contributed by atoms with Crippen molar-refractivity contribution in [3.8, 4) is 6.07 Å². The van der Waals surface area contributed by atoms with Gasteiger partial charge in [0.1, 0.15) is 12.4 Å². The van der Waals surface area contributed by atoms with Crippen LogP contribution in [0.5, 0.6) is 0 Å². The predicted molar refractivity (Wildman–Crippen MR) is 150 cm³/mol. The minimum Gasteiger partial charge on any atom is -0.512 e. The largest absolute Gasteiger partial charge is 0.512 e. The Morgan fingerprint density at radius 2 is 2.10 bits per heavy atom. The number of fused-ring (bicyclic) bond motifs is 1. The molecule has 1 N–H and O–H groups in total. The highest BCUT2D eigenvalue weighted by molar-refractivity contribution is 6.00. The summed E-state index contributed by atoms with van der Waals surface area (Å²) < 4.78 is 20.7. The number of ether oxygens (including phenoxy) is 1. The summed E-state index contributed by atoms with van der Waals surface area (Å²) in [5.74, 6) is -0.829. The second-order valence-electron chi connectivity index (χ2n) is 11.5. The van der Waals surface area contributed by atoms with Crippen LogP contribution >= 0.6 is 0 Å². The number of hydrogen-bond acceptors (Lipinski definition) is 8. The topological polar surface area (TPSA) is 105 Å². The highest BCUT2D eigenvalue weighted by Crippen LogP contribution is 2.42. The molecule has 10 heteroatoms. The number of halogens is 1. The molecular weight excluding hydrogens is 511 g/mol. The zero-order valence-corrected chi connectivity index (χ0v) is 23.2. The number of aliphatic hydroxyl groups is 1. The lowest BCUT2D eigenvalue weighted by Gasteiger charge is -2.45. The SMILES string of the molecule is C=CC(=O)N1CCN([C]2N=C(OCC3CCCN3C)N=C3C[C@H](CC4C(O)=C[CH]C=C4F)CCC23)CC1CC#N. The normalized spacial score (nSPS) is 31.8. The Kier molecular flexibility index (Phi) is 9.01. The van der Waals surface area contributed by atoms with Crippen LogP contribution in [0.4, 0.5) is 4.39 Å². The van der Waals surface area contributed by atoms with Gasteiger partial charge in [0.05, 0.1) is 30.2 Å². The summed E-state index contributed by atoms with van der Waals surface area (Å²) in [6.07, 6.45) is 12.0. The van der Waals surface area contributed by atoms with E-state index in [2.05, 4.69) is 29.5 Å². The van der Waals surface area contributed by atoms with Gasteiger partial charge in [0.25, 0.3) is 0 Å². The fourth-order valence-electron chi connectivity index (χ4n) is 6.68. The summed E-state index contributed by atoms with van der Waals surface area (Å²) in [4.78, 5) is 28.5. The number of rotatable bonds is 7. The van der Waals surface area contributed by atoms with Crippen LogP contribution in [0.3, 0.4) is 0 Å². The first-order valence-corrected chi connectivity index (χ1v) is 14.4. The third-order valence-corrected chi connectivity index (χ3v) is 8.97. The van der Waals surface area contributed by atoms with Gasteiger partial charge in [-0.25, -0.2) is 14.4 Å². The van der Waals surface area contributed by atoms with E-state index in [0.717, 1.165) is 44.1 Å². The molecule has 2 aliphatic carbocycles. The minimum absolute atomic E-state index is 0.00589. The summed E-state index contributed by atoms with van der Waals surface area (Å²) in [5.41, 5.74) is 0.979. The summed E-state index contributed by atoms with van der Waals surface area (Å²) in [5, 5.41) is 19.8. The second kappa shape index (κ2) is 12.6. The number of allylic oxidation sites excluding steroid dienone is 3. The van der Waals surface area contributed by atoms with Gasteiger partial charge >= 0.3 is 6.02 Å². The Balaban J connectivity index is 1.34. The van der Waals surface area contributed by atoms with Crippen molar-refractivity contribution in [2.75, 3.05) is 39.8 Å². The number of hydrogen-bond donors (Lipinski definition) is 1. The Hall–Kier alpha value is -3.03. The van der Waals surface area contributed by atoms with Crippen LogP contribution in [0.15, 0.2) is 46.4 Å². The van der Waals surface area contributed by atoms with Gasteiger partial charge in [-0.05, 0) is 76.3 Å². The van der Waals surface area contributed by atoms with Crippen molar-refractivity contribution in [1.29, 1.82) is 5.26 Å². The molecule has 0 bridgehead atoms. The smallest absolute Gasteiger partial charge is 0.313 e. The summed E-state index contributed by atoms with van der Waals surface area (Å²) in [7, 11) is 2.11. The number of nitrogens with zero attached hydrogens (tertiary/aromatic N) is 6. The lowest BCUT2D eigenvalue weighted by molar-refractivity contribution is -0.130. The number of carbonyl (C=O) groups is 1. The summed E-state index contributed by atoms with van der Waals surface area (Å²) >= 11 is 0. The van der Waals surface area contributed by atoms with E-state index in [9.17, 15) is 19.6 Å². The second-order valence-corrected chi connectivity index (χ2v) is 11.5. The maximum atomic E-state index is 14.5. The molecule has 0 aromatic heterocycles. The lowest BCUT2D eigenvalue weighted by Crippen LogP contribution is -2.57. The molecule has 1 amide bonds. The third-order valence-electron chi connectivity index (χ3n) is 8.97. The first-order valence-electron chi connectivity index (χ1n) is 14.4. The Labute approximate surface area is 236 Å².